The Morgan fingerprint density at radius 2 is 1.38 bits per heavy atom. The molecule has 1 heterocycles. The maximum atomic E-state index is 13.5. The molecule has 2 aromatic carbocycles. The molecule has 12 heteroatoms. The van der Waals surface area contributed by atoms with Crippen LogP contribution in [0, 0.1) is 12.8 Å². The molecule has 0 bridgehead atoms. The Hall–Kier alpha value is -3.60. The summed E-state index contributed by atoms with van der Waals surface area (Å²) in [5.74, 6) is -0.520. The first-order chi connectivity index (χ1) is 19.2. The van der Waals surface area contributed by atoms with Gasteiger partial charge in [0.05, 0.1) is 28.4 Å². The second-order valence-corrected chi connectivity index (χ2v) is 10.8. The van der Waals surface area contributed by atoms with Crippen molar-refractivity contribution in [2.75, 3.05) is 19.0 Å². The lowest BCUT2D eigenvalue weighted by molar-refractivity contribution is -0.143. The monoisotopic (exact) mass is 615 g/mol. The van der Waals surface area contributed by atoms with E-state index in [1.54, 1.807) is 25.2 Å². The number of carbonyl (C=O) groups excluding carboxylic acids is 2. The first-order valence-corrected chi connectivity index (χ1v) is 13.1. The molecule has 0 atom stereocenters. The molecule has 1 N–H and O–H groups in total. The van der Waals surface area contributed by atoms with Gasteiger partial charge in [-0.05, 0) is 61.7 Å². The summed E-state index contributed by atoms with van der Waals surface area (Å²) in [6.45, 7) is 8.12. The van der Waals surface area contributed by atoms with Gasteiger partial charge in [0, 0.05) is 25.6 Å². The minimum atomic E-state index is -5.03. The standard InChI is InChI=1S/C25H21ClF6N2O.C5H11NO/c1-14-7-5-6-8-18(14)19-12-21(26)33-13-20(19)34(4)22(35)23(2,3)15-9-16(24(27,28)29)11-17(10-15)25(30,31)32;1-4(2)5(7)6-3/h5-13H,1-4H3;4H,1-3H3,(H,6,7). The Labute approximate surface area is 245 Å². The maximum absolute atomic E-state index is 13.5. The van der Waals surface area contributed by atoms with Gasteiger partial charge in [-0.3, -0.25) is 9.59 Å². The van der Waals surface area contributed by atoms with E-state index in [4.69, 9.17) is 11.6 Å². The molecule has 0 aliphatic carbocycles. The van der Waals surface area contributed by atoms with E-state index in [1.165, 1.54) is 32.0 Å². The lowest BCUT2D eigenvalue weighted by atomic mass is 9.81. The van der Waals surface area contributed by atoms with Crippen LogP contribution >= 0.6 is 11.6 Å². The number of rotatable bonds is 5. The van der Waals surface area contributed by atoms with Crippen LogP contribution in [0.3, 0.4) is 0 Å². The van der Waals surface area contributed by atoms with Crippen molar-refractivity contribution in [1.29, 1.82) is 0 Å². The highest BCUT2D eigenvalue weighted by molar-refractivity contribution is 6.29. The number of anilines is 1. The van der Waals surface area contributed by atoms with Crippen molar-refractivity contribution in [3.63, 3.8) is 0 Å². The Morgan fingerprint density at radius 3 is 1.81 bits per heavy atom. The largest absolute Gasteiger partial charge is 0.416 e. The van der Waals surface area contributed by atoms with Gasteiger partial charge in [-0.1, -0.05) is 49.7 Å². The number of aromatic nitrogens is 1. The normalized spacial score (nSPS) is 12.0. The lowest BCUT2D eigenvalue weighted by Crippen LogP contribution is -2.42. The van der Waals surface area contributed by atoms with E-state index in [9.17, 15) is 35.9 Å². The van der Waals surface area contributed by atoms with Crippen molar-refractivity contribution in [2.24, 2.45) is 5.92 Å². The van der Waals surface area contributed by atoms with Crippen LogP contribution < -0.4 is 10.2 Å². The summed E-state index contributed by atoms with van der Waals surface area (Å²) in [4.78, 5) is 29.1. The van der Waals surface area contributed by atoms with Gasteiger partial charge < -0.3 is 10.2 Å². The molecule has 0 aliphatic heterocycles. The van der Waals surface area contributed by atoms with Crippen molar-refractivity contribution >= 4 is 29.1 Å². The molecule has 42 heavy (non-hydrogen) atoms. The highest BCUT2D eigenvalue weighted by atomic mass is 35.5. The van der Waals surface area contributed by atoms with Gasteiger partial charge >= 0.3 is 12.4 Å². The van der Waals surface area contributed by atoms with Crippen LogP contribution in [0.15, 0.2) is 54.7 Å². The minimum Gasteiger partial charge on any atom is -0.359 e. The van der Waals surface area contributed by atoms with Crippen LogP contribution in [0.1, 0.15) is 49.9 Å². The van der Waals surface area contributed by atoms with Crippen LogP contribution in [0.2, 0.25) is 5.15 Å². The number of alkyl halides is 6. The van der Waals surface area contributed by atoms with Gasteiger partial charge in [0.15, 0.2) is 0 Å². The van der Waals surface area contributed by atoms with Gasteiger partial charge in [-0.15, -0.1) is 0 Å². The maximum Gasteiger partial charge on any atom is 0.416 e. The Balaban J connectivity index is 0.000000782. The molecule has 0 saturated carbocycles. The first-order valence-electron chi connectivity index (χ1n) is 12.7. The average Bonchev–Trinajstić information content (AvgIpc) is 2.91. The zero-order valence-electron chi connectivity index (χ0n) is 24.1. The quantitative estimate of drug-likeness (QED) is 0.233. The minimum absolute atomic E-state index is 0.0349. The van der Waals surface area contributed by atoms with Crippen molar-refractivity contribution in [1.82, 2.24) is 10.3 Å². The van der Waals surface area contributed by atoms with Crippen molar-refractivity contribution in [3.8, 4) is 11.1 Å². The van der Waals surface area contributed by atoms with E-state index in [1.807, 2.05) is 32.9 Å². The smallest absolute Gasteiger partial charge is 0.359 e. The number of pyridine rings is 1. The van der Waals surface area contributed by atoms with Crippen LogP contribution in [0.4, 0.5) is 32.0 Å². The van der Waals surface area contributed by atoms with Crippen LogP contribution in [-0.4, -0.2) is 30.9 Å². The van der Waals surface area contributed by atoms with Crippen molar-refractivity contribution < 1.29 is 35.9 Å². The highest BCUT2D eigenvalue weighted by Crippen LogP contribution is 2.41. The average molecular weight is 616 g/mol. The number of likely N-dealkylation sites (N-methyl/N-ethyl adjacent to an activating group) is 1. The number of benzene rings is 2. The van der Waals surface area contributed by atoms with Crippen LogP contribution in [0.25, 0.3) is 11.1 Å². The third-order valence-electron chi connectivity index (χ3n) is 6.57. The fraction of sp³-hybridized carbons (Fsp3) is 0.367. The molecule has 3 aromatic rings. The van der Waals surface area contributed by atoms with Gasteiger partial charge in [0.25, 0.3) is 0 Å². The molecule has 0 radical (unpaired) electrons. The van der Waals surface area contributed by atoms with Gasteiger partial charge in [-0.2, -0.15) is 26.3 Å². The summed E-state index contributed by atoms with van der Waals surface area (Å²) in [6, 6.07) is 9.98. The summed E-state index contributed by atoms with van der Waals surface area (Å²) in [5, 5.41) is 2.68. The molecule has 0 spiro atoms. The summed E-state index contributed by atoms with van der Waals surface area (Å²) in [5.41, 5.74) is -2.71. The third kappa shape index (κ3) is 8.24. The van der Waals surface area contributed by atoms with E-state index >= 15 is 0 Å². The molecule has 228 valence electrons. The van der Waals surface area contributed by atoms with Crippen LogP contribution in [0.5, 0.6) is 0 Å². The van der Waals surface area contributed by atoms with E-state index < -0.39 is 40.4 Å². The third-order valence-corrected chi connectivity index (χ3v) is 6.77. The molecule has 0 aliphatic rings. The lowest BCUT2D eigenvalue weighted by Gasteiger charge is -2.32. The molecule has 1 aromatic heterocycles. The van der Waals surface area contributed by atoms with Gasteiger partial charge in [0.2, 0.25) is 11.8 Å². The number of hydrogen-bond donors (Lipinski definition) is 1. The summed E-state index contributed by atoms with van der Waals surface area (Å²) < 4.78 is 80.3. The van der Waals surface area contributed by atoms with Crippen molar-refractivity contribution in [3.05, 3.63) is 82.1 Å². The Kier molecular flexibility index (Phi) is 10.8. The summed E-state index contributed by atoms with van der Waals surface area (Å²) in [6.07, 6.45) is -8.72. The number of aryl methyl sites for hydroxylation is 1. The molecule has 2 amide bonds. The molecule has 0 fully saturated rings. The van der Waals surface area contributed by atoms with E-state index in [0.717, 1.165) is 11.1 Å². The van der Waals surface area contributed by atoms with Crippen molar-refractivity contribution in [2.45, 2.75) is 52.4 Å². The molecule has 5 nitrogen and oxygen atoms in total. The zero-order chi connectivity index (χ0) is 32.2. The fourth-order valence-corrected chi connectivity index (χ4v) is 4.20. The second-order valence-electron chi connectivity index (χ2n) is 10.4. The van der Waals surface area contributed by atoms with E-state index in [-0.39, 0.29) is 23.0 Å². The Bertz CT molecular complexity index is 1400. The second kappa shape index (κ2) is 13.1. The number of amides is 2. The highest BCUT2D eigenvalue weighted by Gasteiger charge is 2.41. The first kappa shape index (κ1) is 34.6. The van der Waals surface area contributed by atoms with E-state index in [0.29, 0.717) is 23.4 Å². The number of halogens is 7. The number of carbonyl (C=O) groups is 2. The topological polar surface area (TPSA) is 62.3 Å². The summed E-state index contributed by atoms with van der Waals surface area (Å²) in [7, 11) is 3.03. The van der Waals surface area contributed by atoms with Crippen LogP contribution in [-0.2, 0) is 27.4 Å². The summed E-state index contributed by atoms with van der Waals surface area (Å²) >= 11 is 6.08. The number of nitrogens with one attached hydrogen (secondary N) is 1. The fourth-order valence-electron chi connectivity index (χ4n) is 4.04. The van der Waals surface area contributed by atoms with Gasteiger partial charge in [0.1, 0.15) is 5.15 Å². The Morgan fingerprint density at radius 1 is 0.881 bits per heavy atom. The predicted octanol–water partition coefficient (Wildman–Crippen LogP) is 8.08. The molecule has 0 unspecified atom stereocenters. The SMILES string of the molecule is CNC(=O)C(C)C.Cc1ccccc1-c1cc(Cl)ncc1N(C)C(=O)C(C)(C)c1cc(C(F)(F)F)cc(C(F)(F)F)c1. The zero-order valence-corrected chi connectivity index (χ0v) is 24.9. The molecule has 0 saturated heterocycles. The molecular formula is C30H32ClF6N3O2. The molecular weight excluding hydrogens is 584 g/mol. The van der Waals surface area contributed by atoms with E-state index in [2.05, 4.69) is 10.3 Å². The number of nitrogens with zero attached hydrogens (tertiary/aromatic N) is 2. The van der Waals surface area contributed by atoms with Gasteiger partial charge in [-0.25, -0.2) is 4.98 Å². The predicted molar refractivity (Wildman–Crippen MR) is 151 cm³/mol. The molecule has 3 rings (SSSR count). The number of hydrogen-bond acceptors (Lipinski definition) is 3.